The molecule has 24 heavy (non-hydrogen) atoms. The molecule has 1 heterocycles. The van der Waals surface area contributed by atoms with Gasteiger partial charge in [-0.3, -0.25) is 9.69 Å². The van der Waals surface area contributed by atoms with E-state index in [-0.39, 0.29) is 0 Å². The molecular formula is C20H18N2O2. The van der Waals surface area contributed by atoms with E-state index in [1.54, 1.807) is 12.3 Å². The number of hydrogen-bond donors (Lipinski definition) is 0. The molecule has 0 aliphatic carbocycles. The molecule has 0 bridgehead atoms. The van der Waals surface area contributed by atoms with Gasteiger partial charge in [0.05, 0.1) is 5.69 Å². The summed E-state index contributed by atoms with van der Waals surface area (Å²) in [5.74, 6) is 1.04. The number of hydrogen-bond acceptors (Lipinski definition) is 3. The molecule has 3 aromatic rings. The number of benzene rings is 2. The summed E-state index contributed by atoms with van der Waals surface area (Å²) in [5, 5.41) is 0. The van der Waals surface area contributed by atoms with Crippen molar-refractivity contribution in [3.05, 3.63) is 84.1 Å². The van der Waals surface area contributed by atoms with Crippen molar-refractivity contribution in [1.29, 1.82) is 0 Å². The van der Waals surface area contributed by atoms with Gasteiger partial charge < -0.3 is 4.74 Å². The maximum atomic E-state index is 11.6. The van der Waals surface area contributed by atoms with E-state index in [0.29, 0.717) is 18.2 Å². The Labute approximate surface area is 141 Å². The first-order chi connectivity index (χ1) is 11.8. The fourth-order valence-electron chi connectivity index (χ4n) is 2.35. The second-order valence-corrected chi connectivity index (χ2v) is 5.41. The third-order valence-electron chi connectivity index (χ3n) is 3.63. The van der Waals surface area contributed by atoms with Crippen LogP contribution in [0.2, 0.25) is 0 Å². The highest BCUT2D eigenvalue weighted by molar-refractivity contribution is 5.87. The Morgan fingerprint density at radius 2 is 1.75 bits per heavy atom. The second kappa shape index (κ2) is 7.42. The Morgan fingerprint density at radius 1 is 1.00 bits per heavy atom. The van der Waals surface area contributed by atoms with E-state index in [1.165, 1.54) is 4.90 Å². The van der Waals surface area contributed by atoms with Crippen molar-refractivity contribution < 1.29 is 9.53 Å². The van der Waals surface area contributed by atoms with Crippen LogP contribution in [0.4, 0.5) is 11.5 Å². The second-order valence-electron chi connectivity index (χ2n) is 5.41. The predicted molar refractivity (Wildman–Crippen MR) is 94.4 cm³/mol. The fraction of sp³-hybridized carbons (Fsp3) is 0.100. The van der Waals surface area contributed by atoms with Gasteiger partial charge in [-0.2, -0.15) is 0 Å². The van der Waals surface area contributed by atoms with Crippen LogP contribution in [-0.4, -0.2) is 11.4 Å². The first kappa shape index (κ1) is 15.7. The molecule has 120 valence electrons. The molecule has 0 aliphatic rings. The molecule has 0 saturated heterocycles. The lowest BCUT2D eigenvalue weighted by Gasteiger charge is -2.19. The van der Waals surface area contributed by atoms with Gasteiger partial charge in [0.25, 0.3) is 0 Å². The summed E-state index contributed by atoms with van der Waals surface area (Å²) < 4.78 is 5.89. The highest BCUT2D eigenvalue weighted by atomic mass is 16.5. The predicted octanol–water partition coefficient (Wildman–Crippen LogP) is 4.26. The first-order valence-electron chi connectivity index (χ1n) is 7.71. The van der Waals surface area contributed by atoms with Crippen molar-refractivity contribution in [3.8, 4) is 5.75 Å². The molecule has 2 aromatic carbocycles. The zero-order valence-electron chi connectivity index (χ0n) is 13.4. The zero-order chi connectivity index (χ0) is 16.8. The SMILES string of the molecule is Cc1ccc(N(C=O)c2ncccc2OCc2ccccc2)cc1. The topological polar surface area (TPSA) is 42.4 Å². The monoisotopic (exact) mass is 318 g/mol. The number of amides is 1. The lowest BCUT2D eigenvalue weighted by molar-refractivity contribution is -0.106. The summed E-state index contributed by atoms with van der Waals surface area (Å²) >= 11 is 0. The van der Waals surface area contributed by atoms with Crippen molar-refractivity contribution in [2.45, 2.75) is 13.5 Å². The Hall–Kier alpha value is -3.14. The number of nitrogens with zero attached hydrogens (tertiary/aromatic N) is 2. The van der Waals surface area contributed by atoms with Gasteiger partial charge in [0.2, 0.25) is 6.41 Å². The molecule has 0 saturated carbocycles. The van der Waals surface area contributed by atoms with Gasteiger partial charge in [0.15, 0.2) is 11.6 Å². The van der Waals surface area contributed by atoms with Crippen molar-refractivity contribution in [1.82, 2.24) is 4.98 Å². The number of pyridine rings is 1. The van der Waals surface area contributed by atoms with Gasteiger partial charge in [0, 0.05) is 6.20 Å². The number of aryl methyl sites for hydroxylation is 1. The molecule has 0 fully saturated rings. The van der Waals surface area contributed by atoms with Crippen LogP contribution < -0.4 is 9.64 Å². The van der Waals surface area contributed by atoms with Crippen LogP contribution in [0.3, 0.4) is 0 Å². The minimum absolute atomic E-state index is 0.417. The lowest BCUT2D eigenvalue weighted by Crippen LogP contribution is -2.16. The van der Waals surface area contributed by atoms with Crippen LogP contribution >= 0.6 is 0 Å². The number of carbonyl (C=O) groups is 1. The van der Waals surface area contributed by atoms with Crippen molar-refractivity contribution >= 4 is 17.9 Å². The average Bonchev–Trinajstić information content (AvgIpc) is 2.64. The van der Waals surface area contributed by atoms with Crippen LogP contribution in [0, 0.1) is 6.92 Å². The molecule has 0 atom stereocenters. The highest BCUT2D eigenvalue weighted by Gasteiger charge is 2.15. The van der Waals surface area contributed by atoms with E-state index in [2.05, 4.69) is 4.98 Å². The molecule has 1 aromatic heterocycles. The van der Waals surface area contributed by atoms with Crippen molar-refractivity contribution in [2.75, 3.05) is 4.90 Å². The van der Waals surface area contributed by atoms with Crippen LogP contribution in [0.5, 0.6) is 5.75 Å². The van der Waals surface area contributed by atoms with Crippen LogP contribution in [0.15, 0.2) is 72.9 Å². The van der Waals surface area contributed by atoms with Crippen molar-refractivity contribution in [3.63, 3.8) is 0 Å². The van der Waals surface area contributed by atoms with Gasteiger partial charge in [-0.05, 0) is 36.8 Å². The van der Waals surface area contributed by atoms with Crippen molar-refractivity contribution in [2.24, 2.45) is 0 Å². The maximum absolute atomic E-state index is 11.6. The van der Waals surface area contributed by atoms with E-state index < -0.39 is 0 Å². The van der Waals surface area contributed by atoms with Gasteiger partial charge in [-0.15, -0.1) is 0 Å². The van der Waals surface area contributed by atoms with Crippen LogP contribution in [0.1, 0.15) is 11.1 Å². The van der Waals surface area contributed by atoms with Gasteiger partial charge in [0.1, 0.15) is 6.61 Å². The minimum Gasteiger partial charge on any atom is -0.485 e. The molecule has 4 nitrogen and oxygen atoms in total. The summed E-state index contributed by atoms with van der Waals surface area (Å²) in [6.07, 6.45) is 2.40. The summed E-state index contributed by atoms with van der Waals surface area (Å²) in [5.41, 5.74) is 2.94. The average molecular weight is 318 g/mol. The van der Waals surface area contributed by atoms with Crippen LogP contribution in [0.25, 0.3) is 0 Å². The number of rotatable bonds is 6. The Bertz CT molecular complexity index is 801. The fourth-order valence-corrected chi connectivity index (χ4v) is 2.35. The number of carbonyl (C=O) groups excluding carboxylic acids is 1. The summed E-state index contributed by atoms with van der Waals surface area (Å²) in [6.45, 7) is 2.42. The van der Waals surface area contributed by atoms with E-state index in [4.69, 9.17) is 4.74 Å². The van der Waals surface area contributed by atoms with Gasteiger partial charge >= 0.3 is 0 Å². The Morgan fingerprint density at radius 3 is 2.46 bits per heavy atom. The number of anilines is 2. The third-order valence-corrected chi connectivity index (χ3v) is 3.63. The molecule has 0 spiro atoms. The van der Waals surface area contributed by atoms with Crippen LogP contribution in [-0.2, 0) is 11.4 Å². The molecule has 3 rings (SSSR count). The van der Waals surface area contributed by atoms with Gasteiger partial charge in [-0.1, -0.05) is 48.0 Å². The standard InChI is InChI=1S/C20H18N2O2/c1-16-9-11-18(12-10-16)22(15-23)20-19(8-5-13-21-20)24-14-17-6-3-2-4-7-17/h2-13,15H,14H2,1H3. The molecule has 0 N–H and O–H groups in total. The highest BCUT2D eigenvalue weighted by Crippen LogP contribution is 2.31. The molecule has 0 aliphatic heterocycles. The molecule has 0 unspecified atom stereocenters. The maximum Gasteiger partial charge on any atom is 0.220 e. The van der Waals surface area contributed by atoms with E-state index >= 15 is 0 Å². The van der Waals surface area contributed by atoms with Gasteiger partial charge in [-0.25, -0.2) is 4.98 Å². The van der Waals surface area contributed by atoms with E-state index in [0.717, 1.165) is 23.2 Å². The number of ether oxygens (including phenoxy) is 1. The third kappa shape index (κ3) is 3.60. The molecule has 4 heteroatoms. The molecular weight excluding hydrogens is 300 g/mol. The lowest BCUT2D eigenvalue weighted by atomic mass is 10.2. The first-order valence-corrected chi connectivity index (χ1v) is 7.71. The molecule has 0 radical (unpaired) electrons. The minimum atomic E-state index is 0.417. The largest absolute Gasteiger partial charge is 0.485 e. The summed E-state index contributed by atoms with van der Waals surface area (Å²) in [7, 11) is 0. The Kier molecular flexibility index (Phi) is 4.87. The zero-order valence-corrected chi connectivity index (χ0v) is 13.4. The normalized spacial score (nSPS) is 10.2. The molecule has 1 amide bonds. The van der Waals surface area contributed by atoms with E-state index in [9.17, 15) is 4.79 Å². The summed E-state index contributed by atoms with van der Waals surface area (Å²) in [4.78, 5) is 17.5. The summed E-state index contributed by atoms with van der Waals surface area (Å²) in [6, 6.07) is 21.2. The quantitative estimate of drug-likeness (QED) is 0.638. The smallest absolute Gasteiger partial charge is 0.220 e. The Balaban J connectivity index is 1.87. The number of aromatic nitrogens is 1. The van der Waals surface area contributed by atoms with E-state index in [1.807, 2.05) is 67.6 Å².